The van der Waals surface area contributed by atoms with Crippen molar-refractivity contribution >= 4 is 21.4 Å². The highest BCUT2D eigenvalue weighted by Gasteiger charge is 2.30. The van der Waals surface area contributed by atoms with Crippen LogP contribution in [0.5, 0.6) is 0 Å². The van der Waals surface area contributed by atoms with E-state index in [9.17, 15) is 13.2 Å². The third kappa shape index (κ3) is 3.49. The minimum absolute atomic E-state index is 0.439. The van der Waals surface area contributed by atoms with Gasteiger partial charge in [-0.25, -0.2) is 9.50 Å². The summed E-state index contributed by atoms with van der Waals surface area (Å²) < 4.78 is 40.2. The lowest BCUT2D eigenvalue weighted by Gasteiger charge is -2.21. The molecule has 1 N–H and O–H groups in total. The van der Waals surface area contributed by atoms with Gasteiger partial charge in [0.25, 0.3) is 0 Å². The zero-order valence-electron chi connectivity index (χ0n) is 13.4. The Bertz CT molecular complexity index is 846. The second-order valence-electron chi connectivity index (χ2n) is 6.32. The smallest absolute Gasteiger partial charge is 0.357 e. The third-order valence-electron chi connectivity index (χ3n) is 4.46. The van der Waals surface area contributed by atoms with Gasteiger partial charge in [-0.15, -0.1) is 5.10 Å². The van der Waals surface area contributed by atoms with Crippen LogP contribution in [0.3, 0.4) is 0 Å². The van der Waals surface area contributed by atoms with E-state index in [2.05, 4.69) is 15.4 Å². The molecular weight excluding hydrogens is 349 g/mol. The van der Waals surface area contributed by atoms with Crippen molar-refractivity contribution in [2.75, 3.05) is 5.32 Å². The van der Waals surface area contributed by atoms with Gasteiger partial charge >= 0.3 is 6.18 Å². The fourth-order valence-corrected chi connectivity index (χ4v) is 4.03. The number of rotatable bonds is 3. The maximum Gasteiger partial charge on any atom is 0.416 e. The van der Waals surface area contributed by atoms with Crippen molar-refractivity contribution in [1.82, 2.24) is 14.6 Å². The van der Waals surface area contributed by atoms with Crippen LogP contribution in [0.1, 0.15) is 37.7 Å². The zero-order chi connectivity index (χ0) is 17.4. The number of aromatic nitrogens is 3. The molecule has 0 bridgehead atoms. The van der Waals surface area contributed by atoms with Crippen LogP contribution >= 0.6 is 11.3 Å². The minimum Gasteiger partial charge on any atom is -0.357 e. The van der Waals surface area contributed by atoms with Crippen molar-refractivity contribution in [3.8, 4) is 11.3 Å². The van der Waals surface area contributed by atoms with Crippen LogP contribution in [0.15, 0.2) is 30.5 Å². The van der Waals surface area contributed by atoms with E-state index in [1.165, 1.54) is 36.7 Å². The highest BCUT2D eigenvalue weighted by atomic mass is 32.1. The van der Waals surface area contributed by atoms with E-state index >= 15 is 0 Å². The summed E-state index contributed by atoms with van der Waals surface area (Å²) in [6, 6.07) is 5.66. The van der Waals surface area contributed by atoms with Crippen LogP contribution in [0.25, 0.3) is 16.2 Å². The molecule has 2 aromatic heterocycles. The Morgan fingerprint density at radius 3 is 2.68 bits per heavy atom. The van der Waals surface area contributed by atoms with Crippen molar-refractivity contribution in [2.24, 2.45) is 0 Å². The Balaban J connectivity index is 1.57. The van der Waals surface area contributed by atoms with Crippen molar-refractivity contribution in [3.05, 3.63) is 36.0 Å². The molecule has 0 saturated heterocycles. The third-order valence-corrected chi connectivity index (χ3v) is 5.32. The lowest BCUT2D eigenvalue weighted by Crippen LogP contribution is -2.22. The molecule has 132 valence electrons. The average Bonchev–Trinajstić information content (AvgIpc) is 3.13. The summed E-state index contributed by atoms with van der Waals surface area (Å²) in [5.74, 6) is 0. The number of imidazole rings is 1. The van der Waals surface area contributed by atoms with Crippen molar-refractivity contribution < 1.29 is 13.2 Å². The number of benzene rings is 1. The molecule has 0 atom stereocenters. The number of anilines is 1. The van der Waals surface area contributed by atoms with Gasteiger partial charge in [0.1, 0.15) is 0 Å². The highest BCUT2D eigenvalue weighted by molar-refractivity contribution is 7.20. The SMILES string of the molecule is FC(F)(F)c1cccc(-c2cn3nc(NC4CCCCC4)sc3n2)c1. The van der Waals surface area contributed by atoms with Crippen molar-refractivity contribution in [3.63, 3.8) is 0 Å². The first-order chi connectivity index (χ1) is 12.0. The lowest BCUT2D eigenvalue weighted by molar-refractivity contribution is -0.137. The molecule has 4 nitrogen and oxygen atoms in total. The molecule has 0 amide bonds. The predicted molar refractivity (Wildman–Crippen MR) is 91.8 cm³/mol. The fourth-order valence-electron chi connectivity index (χ4n) is 3.17. The summed E-state index contributed by atoms with van der Waals surface area (Å²) in [7, 11) is 0. The van der Waals surface area contributed by atoms with Crippen LogP contribution in [0.4, 0.5) is 18.3 Å². The number of hydrogen-bond acceptors (Lipinski definition) is 4. The Labute approximate surface area is 146 Å². The second-order valence-corrected chi connectivity index (χ2v) is 7.27. The Morgan fingerprint density at radius 1 is 1.16 bits per heavy atom. The molecule has 8 heteroatoms. The Morgan fingerprint density at radius 2 is 1.96 bits per heavy atom. The van der Waals surface area contributed by atoms with Crippen LogP contribution in [-0.2, 0) is 6.18 Å². The lowest BCUT2D eigenvalue weighted by atomic mass is 9.96. The summed E-state index contributed by atoms with van der Waals surface area (Å²) in [6.07, 6.45) is 3.38. The van der Waals surface area contributed by atoms with Gasteiger partial charge in [0.05, 0.1) is 17.5 Å². The van der Waals surface area contributed by atoms with Crippen molar-refractivity contribution in [1.29, 1.82) is 0 Å². The van der Waals surface area contributed by atoms with Gasteiger partial charge in [0.2, 0.25) is 10.1 Å². The van der Waals surface area contributed by atoms with E-state index in [1.54, 1.807) is 16.8 Å². The highest BCUT2D eigenvalue weighted by Crippen LogP contribution is 2.33. The maximum atomic E-state index is 12.9. The van der Waals surface area contributed by atoms with Gasteiger partial charge in [-0.2, -0.15) is 13.2 Å². The molecule has 3 aromatic rings. The molecular formula is C17H17F3N4S. The summed E-state index contributed by atoms with van der Waals surface area (Å²) in [6.45, 7) is 0. The molecule has 2 heterocycles. The van der Waals surface area contributed by atoms with Gasteiger partial charge in [-0.1, -0.05) is 42.7 Å². The average molecular weight is 366 g/mol. The molecule has 1 aliphatic carbocycles. The van der Waals surface area contributed by atoms with E-state index in [4.69, 9.17) is 0 Å². The number of halogens is 3. The van der Waals surface area contributed by atoms with Gasteiger partial charge in [-0.05, 0) is 25.0 Å². The van der Waals surface area contributed by atoms with E-state index in [0.29, 0.717) is 22.3 Å². The topological polar surface area (TPSA) is 42.2 Å². The van der Waals surface area contributed by atoms with Gasteiger partial charge in [0, 0.05) is 11.6 Å². The number of hydrogen-bond donors (Lipinski definition) is 1. The summed E-state index contributed by atoms with van der Waals surface area (Å²) >= 11 is 1.42. The van der Waals surface area contributed by atoms with Crippen LogP contribution < -0.4 is 5.32 Å². The normalized spacial score (nSPS) is 16.4. The van der Waals surface area contributed by atoms with E-state index in [-0.39, 0.29) is 0 Å². The number of fused-ring (bicyclic) bond motifs is 1. The molecule has 1 aromatic carbocycles. The fraction of sp³-hybridized carbons (Fsp3) is 0.412. The first-order valence-electron chi connectivity index (χ1n) is 8.29. The number of nitrogens with one attached hydrogen (secondary N) is 1. The molecule has 1 fully saturated rings. The molecule has 1 aliphatic rings. The van der Waals surface area contributed by atoms with E-state index < -0.39 is 11.7 Å². The molecule has 4 rings (SSSR count). The van der Waals surface area contributed by atoms with Crippen LogP contribution in [0.2, 0.25) is 0 Å². The quantitative estimate of drug-likeness (QED) is 0.691. The van der Waals surface area contributed by atoms with Gasteiger partial charge < -0.3 is 5.32 Å². The standard InChI is InChI=1S/C17H17F3N4S/c18-17(19,20)12-6-4-5-11(9-12)14-10-24-16(22-14)25-15(23-24)21-13-7-2-1-3-8-13/h4-6,9-10,13H,1-3,7-8H2,(H,21,23). The Kier molecular flexibility index (Phi) is 4.15. The van der Waals surface area contributed by atoms with E-state index in [1.807, 2.05) is 0 Å². The summed E-state index contributed by atoms with van der Waals surface area (Å²) in [5, 5.41) is 8.72. The van der Waals surface area contributed by atoms with Gasteiger partial charge in [-0.3, -0.25) is 0 Å². The van der Waals surface area contributed by atoms with E-state index in [0.717, 1.165) is 30.1 Å². The zero-order valence-corrected chi connectivity index (χ0v) is 14.2. The predicted octanol–water partition coefficient (Wildman–Crippen LogP) is 5.22. The monoisotopic (exact) mass is 366 g/mol. The number of nitrogens with zero attached hydrogens (tertiary/aromatic N) is 3. The molecule has 1 saturated carbocycles. The minimum atomic E-state index is -4.36. The second kappa shape index (κ2) is 6.33. The summed E-state index contributed by atoms with van der Waals surface area (Å²) in [4.78, 5) is 5.10. The molecule has 0 spiro atoms. The molecule has 25 heavy (non-hydrogen) atoms. The van der Waals surface area contributed by atoms with Crippen LogP contribution in [0, 0.1) is 0 Å². The molecule has 0 unspecified atom stereocenters. The van der Waals surface area contributed by atoms with Gasteiger partial charge in [0.15, 0.2) is 0 Å². The van der Waals surface area contributed by atoms with Crippen LogP contribution in [-0.4, -0.2) is 20.6 Å². The maximum absolute atomic E-state index is 12.9. The first kappa shape index (κ1) is 16.4. The summed E-state index contributed by atoms with van der Waals surface area (Å²) in [5.41, 5.74) is 0.261. The molecule has 0 aliphatic heterocycles. The molecule has 0 radical (unpaired) electrons. The Hall–Kier alpha value is -2.09. The first-order valence-corrected chi connectivity index (χ1v) is 9.11. The van der Waals surface area contributed by atoms with Crippen molar-refractivity contribution in [2.45, 2.75) is 44.3 Å². The number of alkyl halides is 3. The largest absolute Gasteiger partial charge is 0.416 e.